The number of carbonyl (C=O) groups excluding carboxylic acids is 1. The van der Waals surface area contributed by atoms with Crippen LogP contribution in [-0.2, 0) is 11.3 Å². The number of aromatic nitrogens is 3. The normalized spacial score (nSPS) is 20.0. The quantitative estimate of drug-likeness (QED) is 0.757. The average Bonchev–Trinajstić information content (AvgIpc) is 2.95. The Kier molecular flexibility index (Phi) is 3.19. The number of ether oxygens (including phenoxy) is 1. The molecule has 0 aromatic carbocycles. The number of aryl methyl sites for hydroxylation is 1. The molecule has 1 aliphatic rings. The van der Waals surface area contributed by atoms with E-state index in [1.54, 1.807) is 4.68 Å². The van der Waals surface area contributed by atoms with Crippen LogP contribution in [0.2, 0.25) is 0 Å². The molecule has 0 radical (unpaired) electrons. The van der Waals surface area contributed by atoms with Crippen molar-refractivity contribution in [1.82, 2.24) is 20.3 Å². The third-order valence-electron chi connectivity index (χ3n) is 2.84. The van der Waals surface area contributed by atoms with Crippen molar-refractivity contribution in [3.63, 3.8) is 0 Å². The molecule has 6 nitrogen and oxygen atoms in total. The van der Waals surface area contributed by atoms with Gasteiger partial charge in [0.1, 0.15) is 0 Å². The van der Waals surface area contributed by atoms with E-state index in [4.69, 9.17) is 4.74 Å². The van der Waals surface area contributed by atoms with Gasteiger partial charge in [-0.3, -0.25) is 0 Å². The molecule has 0 amide bonds. The van der Waals surface area contributed by atoms with Gasteiger partial charge in [0.2, 0.25) is 0 Å². The summed E-state index contributed by atoms with van der Waals surface area (Å²) in [5, 5.41) is 11.2. The molecular formula is C10H16N4O2. The molecule has 2 rings (SSSR count). The van der Waals surface area contributed by atoms with Gasteiger partial charge in [-0.25, -0.2) is 9.48 Å². The number of hydrogen-bond donors (Lipinski definition) is 1. The first-order chi connectivity index (χ1) is 7.77. The van der Waals surface area contributed by atoms with E-state index in [2.05, 4.69) is 15.6 Å². The molecule has 1 atom stereocenters. The largest absolute Gasteiger partial charge is 0.464 e. The van der Waals surface area contributed by atoms with E-state index in [9.17, 15) is 4.79 Å². The maximum absolute atomic E-state index is 11.6. The van der Waals surface area contributed by atoms with Crippen LogP contribution in [0.1, 0.15) is 42.0 Å². The van der Waals surface area contributed by atoms with Crippen molar-refractivity contribution in [2.75, 3.05) is 13.7 Å². The summed E-state index contributed by atoms with van der Waals surface area (Å²) < 4.78 is 6.47. The maximum atomic E-state index is 11.6. The third-order valence-corrected chi connectivity index (χ3v) is 2.84. The van der Waals surface area contributed by atoms with Gasteiger partial charge in [0.05, 0.1) is 18.8 Å². The molecule has 0 saturated carbocycles. The summed E-state index contributed by atoms with van der Waals surface area (Å²) in [5.41, 5.74) is 1.19. The zero-order chi connectivity index (χ0) is 11.5. The molecule has 1 N–H and O–H groups in total. The molecule has 1 aromatic rings. The van der Waals surface area contributed by atoms with Gasteiger partial charge in [0.25, 0.3) is 0 Å². The maximum Gasteiger partial charge on any atom is 0.360 e. The lowest BCUT2D eigenvalue weighted by Crippen LogP contribution is -2.20. The number of methoxy groups -OCH3 is 1. The molecule has 88 valence electrons. The SMILES string of the molecule is CCn1nnc(C(=O)OC)c1C1CCCN1. The molecule has 6 heteroatoms. The molecule has 0 aliphatic carbocycles. The van der Waals surface area contributed by atoms with Crippen molar-refractivity contribution in [3.8, 4) is 0 Å². The second-order valence-corrected chi connectivity index (χ2v) is 3.78. The van der Waals surface area contributed by atoms with Gasteiger partial charge >= 0.3 is 5.97 Å². The van der Waals surface area contributed by atoms with E-state index >= 15 is 0 Å². The van der Waals surface area contributed by atoms with Gasteiger partial charge in [-0.05, 0) is 26.3 Å². The van der Waals surface area contributed by atoms with Crippen molar-refractivity contribution in [1.29, 1.82) is 0 Å². The second-order valence-electron chi connectivity index (χ2n) is 3.78. The Labute approximate surface area is 94.0 Å². The van der Waals surface area contributed by atoms with Crippen LogP contribution in [0.4, 0.5) is 0 Å². The first kappa shape index (κ1) is 11.1. The van der Waals surface area contributed by atoms with E-state index in [-0.39, 0.29) is 6.04 Å². The van der Waals surface area contributed by atoms with Gasteiger partial charge in [-0.1, -0.05) is 5.21 Å². The highest BCUT2D eigenvalue weighted by molar-refractivity contribution is 5.88. The summed E-state index contributed by atoms with van der Waals surface area (Å²) in [7, 11) is 1.36. The number of nitrogens with zero attached hydrogens (tertiary/aromatic N) is 3. The van der Waals surface area contributed by atoms with Crippen molar-refractivity contribution >= 4 is 5.97 Å². The van der Waals surface area contributed by atoms with Gasteiger partial charge < -0.3 is 10.1 Å². The Morgan fingerprint density at radius 3 is 3.06 bits per heavy atom. The standard InChI is InChI=1S/C10H16N4O2/c1-3-14-9(7-5-4-6-11-7)8(12-13-14)10(15)16-2/h7,11H,3-6H2,1-2H3. The van der Waals surface area contributed by atoms with Gasteiger partial charge in [-0.2, -0.15) is 0 Å². The van der Waals surface area contributed by atoms with Crippen molar-refractivity contribution < 1.29 is 9.53 Å². The monoisotopic (exact) mass is 224 g/mol. The summed E-state index contributed by atoms with van der Waals surface area (Å²) >= 11 is 0. The van der Waals surface area contributed by atoms with Gasteiger partial charge in [0.15, 0.2) is 5.69 Å². The molecule has 1 saturated heterocycles. The Morgan fingerprint density at radius 2 is 2.50 bits per heavy atom. The van der Waals surface area contributed by atoms with E-state index in [0.29, 0.717) is 12.2 Å². The fourth-order valence-corrected chi connectivity index (χ4v) is 2.06. The highest BCUT2D eigenvalue weighted by Crippen LogP contribution is 2.25. The third kappa shape index (κ3) is 1.80. The van der Waals surface area contributed by atoms with Crippen molar-refractivity contribution in [3.05, 3.63) is 11.4 Å². The van der Waals surface area contributed by atoms with Crippen LogP contribution in [-0.4, -0.2) is 34.6 Å². The van der Waals surface area contributed by atoms with E-state index in [1.807, 2.05) is 6.92 Å². The second kappa shape index (κ2) is 4.61. The molecule has 0 spiro atoms. The summed E-state index contributed by atoms with van der Waals surface area (Å²) in [6.07, 6.45) is 2.12. The number of carbonyl (C=O) groups is 1. The number of rotatable bonds is 3. The molecular weight excluding hydrogens is 208 g/mol. The fourth-order valence-electron chi connectivity index (χ4n) is 2.06. The number of esters is 1. The van der Waals surface area contributed by atoms with E-state index in [0.717, 1.165) is 25.1 Å². The average molecular weight is 224 g/mol. The minimum atomic E-state index is -0.414. The lowest BCUT2D eigenvalue weighted by atomic mass is 10.1. The van der Waals surface area contributed by atoms with Crippen LogP contribution in [0.5, 0.6) is 0 Å². The number of nitrogens with one attached hydrogen (secondary N) is 1. The lowest BCUT2D eigenvalue weighted by Gasteiger charge is -2.12. The Morgan fingerprint density at radius 1 is 1.69 bits per heavy atom. The number of hydrogen-bond acceptors (Lipinski definition) is 5. The van der Waals surface area contributed by atoms with Crippen LogP contribution in [0.3, 0.4) is 0 Å². The topological polar surface area (TPSA) is 69.0 Å². The Balaban J connectivity index is 2.37. The predicted octanol–water partition coefficient (Wildman–Crippen LogP) is 0.509. The highest BCUT2D eigenvalue weighted by atomic mass is 16.5. The zero-order valence-electron chi connectivity index (χ0n) is 9.56. The molecule has 16 heavy (non-hydrogen) atoms. The fraction of sp³-hybridized carbons (Fsp3) is 0.700. The summed E-state index contributed by atoms with van der Waals surface area (Å²) in [6, 6.07) is 0.170. The highest BCUT2D eigenvalue weighted by Gasteiger charge is 2.28. The molecule has 1 aliphatic heterocycles. The lowest BCUT2D eigenvalue weighted by molar-refractivity contribution is 0.0591. The predicted molar refractivity (Wildman–Crippen MR) is 57.0 cm³/mol. The molecule has 1 aromatic heterocycles. The molecule has 2 heterocycles. The van der Waals surface area contributed by atoms with Gasteiger partial charge in [0, 0.05) is 6.54 Å². The van der Waals surface area contributed by atoms with E-state index < -0.39 is 5.97 Å². The molecule has 1 unspecified atom stereocenters. The Hall–Kier alpha value is -1.43. The summed E-state index contributed by atoms with van der Waals surface area (Å²) in [4.78, 5) is 11.6. The molecule has 0 bridgehead atoms. The Bertz CT molecular complexity index is 382. The van der Waals surface area contributed by atoms with Crippen LogP contribution >= 0.6 is 0 Å². The minimum Gasteiger partial charge on any atom is -0.464 e. The van der Waals surface area contributed by atoms with E-state index in [1.165, 1.54) is 7.11 Å². The summed E-state index contributed by atoms with van der Waals surface area (Å²) in [5.74, 6) is -0.414. The van der Waals surface area contributed by atoms with Crippen molar-refractivity contribution in [2.24, 2.45) is 0 Å². The first-order valence-electron chi connectivity index (χ1n) is 5.53. The minimum absolute atomic E-state index is 0.170. The van der Waals surface area contributed by atoms with Crippen LogP contribution in [0, 0.1) is 0 Å². The van der Waals surface area contributed by atoms with Crippen LogP contribution < -0.4 is 5.32 Å². The zero-order valence-corrected chi connectivity index (χ0v) is 9.56. The van der Waals surface area contributed by atoms with Crippen molar-refractivity contribution in [2.45, 2.75) is 32.4 Å². The van der Waals surface area contributed by atoms with Gasteiger partial charge in [-0.15, -0.1) is 5.10 Å². The van der Waals surface area contributed by atoms with Crippen LogP contribution in [0.25, 0.3) is 0 Å². The smallest absolute Gasteiger partial charge is 0.360 e. The molecule has 1 fully saturated rings. The van der Waals surface area contributed by atoms with Crippen LogP contribution in [0.15, 0.2) is 0 Å². The summed E-state index contributed by atoms with van der Waals surface area (Å²) in [6.45, 7) is 3.66. The first-order valence-corrected chi connectivity index (χ1v) is 5.53.